The third-order valence-corrected chi connectivity index (χ3v) is 2.19. The Morgan fingerprint density at radius 3 is 2.79 bits per heavy atom. The smallest absolute Gasteiger partial charge is 0.254 e. The average Bonchev–Trinajstić information content (AvgIpc) is 2.17. The van der Waals surface area contributed by atoms with Crippen molar-refractivity contribution in [1.82, 2.24) is 4.57 Å². The van der Waals surface area contributed by atoms with Crippen molar-refractivity contribution in [3.8, 4) is 6.07 Å². The first kappa shape index (κ1) is 10.5. The van der Waals surface area contributed by atoms with Crippen LogP contribution >= 0.6 is 0 Å². The molecule has 14 heavy (non-hydrogen) atoms. The van der Waals surface area contributed by atoms with Crippen molar-refractivity contribution in [3.05, 3.63) is 33.7 Å². The van der Waals surface area contributed by atoms with Crippen LogP contribution in [0.4, 0.5) is 0 Å². The molecule has 0 radical (unpaired) electrons. The second kappa shape index (κ2) is 4.61. The maximum Gasteiger partial charge on any atom is 0.254 e. The van der Waals surface area contributed by atoms with E-state index in [2.05, 4.69) is 0 Å². The predicted octanol–water partition coefficient (Wildman–Crippen LogP) is 1.63. The predicted molar refractivity (Wildman–Crippen MR) is 55.0 cm³/mol. The molecule has 0 aliphatic heterocycles. The molecule has 1 aromatic heterocycles. The summed E-state index contributed by atoms with van der Waals surface area (Å²) in [6, 6.07) is 5.64. The highest BCUT2D eigenvalue weighted by Crippen LogP contribution is 2.00. The first-order chi connectivity index (χ1) is 6.70. The molecule has 0 saturated heterocycles. The van der Waals surface area contributed by atoms with Crippen LogP contribution in [-0.2, 0) is 13.0 Å². The third kappa shape index (κ3) is 2.02. The van der Waals surface area contributed by atoms with Crippen LogP contribution < -0.4 is 5.56 Å². The van der Waals surface area contributed by atoms with E-state index in [4.69, 9.17) is 5.26 Å². The molecular formula is C11H14N2O. The third-order valence-electron chi connectivity index (χ3n) is 2.19. The zero-order chi connectivity index (χ0) is 10.6. The normalized spacial score (nSPS) is 9.79. The fourth-order valence-corrected chi connectivity index (χ4v) is 1.44. The lowest BCUT2D eigenvalue weighted by atomic mass is 10.2. The zero-order valence-corrected chi connectivity index (χ0v) is 8.58. The molecule has 1 heterocycles. The van der Waals surface area contributed by atoms with E-state index in [-0.39, 0.29) is 12.0 Å². The van der Waals surface area contributed by atoms with E-state index in [0.29, 0.717) is 5.56 Å². The van der Waals surface area contributed by atoms with E-state index in [1.165, 1.54) is 0 Å². The lowest BCUT2D eigenvalue weighted by Crippen LogP contribution is -2.25. The highest BCUT2D eigenvalue weighted by atomic mass is 16.1. The maximum absolute atomic E-state index is 11.8. The van der Waals surface area contributed by atoms with Gasteiger partial charge in [-0.25, -0.2) is 0 Å². The van der Waals surface area contributed by atoms with Crippen LogP contribution in [0.2, 0.25) is 0 Å². The molecule has 1 rings (SSSR count). The van der Waals surface area contributed by atoms with E-state index in [9.17, 15) is 4.79 Å². The van der Waals surface area contributed by atoms with Gasteiger partial charge in [-0.15, -0.1) is 0 Å². The standard InChI is InChI=1S/C11H14N2O/c1-3-8-13-9(2)4-5-10(6-7-12)11(13)14/h4-5H,3,6,8H2,1-2H3. The summed E-state index contributed by atoms with van der Waals surface area (Å²) >= 11 is 0. The van der Waals surface area contributed by atoms with Crippen LogP contribution in [0, 0.1) is 18.3 Å². The lowest BCUT2D eigenvalue weighted by Gasteiger charge is -2.09. The first-order valence-electron chi connectivity index (χ1n) is 4.77. The molecule has 0 fully saturated rings. The maximum atomic E-state index is 11.8. The number of aromatic nitrogens is 1. The van der Waals surface area contributed by atoms with Crippen molar-refractivity contribution in [2.24, 2.45) is 0 Å². The minimum absolute atomic E-state index is 0.0200. The van der Waals surface area contributed by atoms with Gasteiger partial charge in [0.2, 0.25) is 0 Å². The van der Waals surface area contributed by atoms with Crippen molar-refractivity contribution in [1.29, 1.82) is 5.26 Å². The van der Waals surface area contributed by atoms with Crippen LogP contribution in [0.3, 0.4) is 0 Å². The Morgan fingerprint density at radius 2 is 2.21 bits per heavy atom. The summed E-state index contributed by atoms with van der Waals surface area (Å²) in [4.78, 5) is 11.8. The van der Waals surface area contributed by atoms with Crippen molar-refractivity contribution >= 4 is 0 Å². The summed E-state index contributed by atoms with van der Waals surface area (Å²) in [7, 11) is 0. The summed E-state index contributed by atoms with van der Waals surface area (Å²) in [6.07, 6.45) is 1.12. The SMILES string of the molecule is CCCn1c(C)ccc(CC#N)c1=O. The van der Waals surface area contributed by atoms with Gasteiger partial charge in [0.1, 0.15) is 0 Å². The van der Waals surface area contributed by atoms with Crippen molar-refractivity contribution in [2.45, 2.75) is 33.2 Å². The molecule has 0 N–H and O–H groups in total. The van der Waals surface area contributed by atoms with Crippen LogP contribution in [0.15, 0.2) is 16.9 Å². The van der Waals surface area contributed by atoms with Gasteiger partial charge >= 0.3 is 0 Å². The lowest BCUT2D eigenvalue weighted by molar-refractivity contribution is 0.630. The molecule has 0 aliphatic carbocycles. The second-order valence-electron chi connectivity index (χ2n) is 3.29. The van der Waals surface area contributed by atoms with E-state index in [0.717, 1.165) is 18.7 Å². The molecule has 0 saturated carbocycles. The van der Waals surface area contributed by atoms with Crippen LogP contribution in [-0.4, -0.2) is 4.57 Å². The molecule has 3 nitrogen and oxygen atoms in total. The molecule has 0 aromatic carbocycles. The molecule has 0 aliphatic rings. The summed E-state index contributed by atoms with van der Waals surface area (Å²) in [5, 5.41) is 8.54. The highest BCUT2D eigenvalue weighted by Gasteiger charge is 2.04. The summed E-state index contributed by atoms with van der Waals surface area (Å²) in [5.41, 5.74) is 1.53. The molecule has 0 amide bonds. The second-order valence-corrected chi connectivity index (χ2v) is 3.29. The molecular weight excluding hydrogens is 176 g/mol. The number of hydrogen-bond acceptors (Lipinski definition) is 2. The molecule has 0 spiro atoms. The van der Waals surface area contributed by atoms with Gasteiger partial charge in [-0.05, 0) is 19.4 Å². The van der Waals surface area contributed by atoms with Gasteiger partial charge in [0.05, 0.1) is 12.5 Å². The molecule has 74 valence electrons. The van der Waals surface area contributed by atoms with Gasteiger partial charge in [-0.3, -0.25) is 4.79 Å². The van der Waals surface area contributed by atoms with E-state index in [1.54, 1.807) is 10.6 Å². The molecule has 3 heteroatoms. The van der Waals surface area contributed by atoms with E-state index in [1.807, 2.05) is 26.0 Å². The van der Waals surface area contributed by atoms with Crippen molar-refractivity contribution in [2.75, 3.05) is 0 Å². The van der Waals surface area contributed by atoms with Gasteiger partial charge in [0.25, 0.3) is 5.56 Å². The van der Waals surface area contributed by atoms with E-state index < -0.39 is 0 Å². The Hall–Kier alpha value is -1.56. The Bertz CT molecular complexity index is 412. The number of nitrogens with zero attached hydrogens (tertiary/aromatic N) is 2. The Labute approximate surface area is 83.6 Å². The average molecular weight is 190 g/mol. The van der Waals surface area contributed by atoms with Crippen LogP contribution in [0.25, 0.3) is 0 Å². The summed E-state index contributed by atoms with van der Waals surface area (Å²) < 4.78 is 1.73. The van der Waals surface area contributed by atoms with Crippen molar-refractivity contribution in [3.63, 3.8) is 0 Å². The Balaban J connectivity index is 3.21. The monoisotopic (exact) mass is 190 g/mol. The molecule has 0 unspecified atom stereocenters. The summed E-state index contributed by atoms with van der Waals surface area (Å²) in [5.74, 6) is 0. The minimum Gasteiger partial charge on any atom is -0.313 e. The van der Waals surface area contributed by atoms with Crippen molar-refractivity contribution < 1.29 is 0 Å². The van der Waals surface area contributed by atoms with E-state index >= 15 is 0 Å². The highest BCUT2D eigenvalue weighted by molar-refractivity contribution is 5.18. The fraction of sp³-hybridized carbons (Fsp3) is 0.455. The zero-order valence-electron chi connectivity index (χ0n) is 8.58. The number of hydrogen-bond donors (Lipinski definition) is 0. The minimum atomic E-state index is -0.0200. The molecule has 0 atom stereocenters. The number of aryl methyl sites for hydroxylation is 1. The molecule has 0 bridgehead atoms. The first-order valence-corrected chi connectivity index (χ1v) is 4.77. The number of pyridine rings is 1. The van der Waals surface area contributed by atoms with Gasteiger partial charge in [0.15, 0.2) is 0 Å². The largest absolute Gasteiger partial charge is 0.313 e. The quantitative estimate of drug-likeness (QED) is 0.727. The van der Waals surface area contributed by atoms with Gasteiger partial charge < -0.3 is 4.57 Å². The molecule has 1 aromatic rings. The number of nitriles is 1. The van der Waals surface area contributed by atoms with Gasteiger partial charge in [-0.2, -0.15) is 5.26 Å². The Morgan fingerprint density at radius 1 is 1.50 bits per heavy atom. The number of rotatable bonds is 3. The summed E-state index contributed by atoms with van der Waals surface area (Å²) in [6.45, 7) is 4.67. The topological polar surface area (TPSA) is 45.8 Å². The Kier molecular flexibility index (Phi) is 3.47. The van der Waals surface area contributed by atoms with Crippen LogP contribution in [0.1, 0.15) is 24.6 Å². The fourth-order valence-electron chi connectivity index (χ4n) is 1.44. The van der Waals surface area contributed by atoms with Crippen LogP contribution in [0.5, 0.6) is 0 Å². The van der Waals surface area contributed by atoms with Gasteiger partial charge in [-0.1, -0.05) is 13.0 Å². The van der Waals surface area contributed by atoms with Gasteiger partial charge in [0, 0.05) is 17.8 Å².